The lowest BCUT2D eigenvalue weighted by atomic mass is 10.0. The van der Waals surface area contributed by atoms with Crippen LogP contribution in [0.2, 0.25) is 0 Å². The monoisotopic (exact) mass is 348 g/mol. The van der Waals surface area contributed by atoms with Gasteiger partial charge in [-0.05, 0) is 20.3 Å². The topological polar surface area (TPSA) is 124 Å². The Morgan fingerprint density at radius 3 is 2.84 bits per heavy atom. The number of nitrogens with one attached hydrogen (secondary N) is 2. The van der Waals surface area contributed by atoms with E-state index in [0.29, 0.717) is 30.8 Å². The summed E-state index contributed by atoms with van der Waals surface area (Å²) in [5, 5.41) is 2.83. The first-order valence-electron chi connectivity index (χ1n) is 8.55. The number of aromatic nitrogens is 2. The first kappa shape index (κ1) is 17.4. The van der Waals surface area contributed by atoms with Crippen molar-refractivity contribution in [1.29, 1.82) is 0 Å². The Morgan fingerprint density at radius 1 is 1.36 bits per heavy atom. The number of rotatable bonds is 3. The molecule has 25 heavy (non-hydrogen) atoms. The molecular weight excluding hydrogens is 324 g/mol. The summed E-state index contributed by atoms with van der Waals surface area (Å²) >= 11 is 0. The second-order valence-corrected chi connectivity index (χ2v) is 6.78. The van der Waals surface area contributed by atoms with Gasteiger partial charge >= 0.3 is 0 Å². The van der Waals surface area contributed by atoms with Crippen molar-refractivity contribution in [2.45, 2.75) is 45.3 Å². The van der Waals surface area contributed by atoms with E-state index in [1.54, 1.807) is 4.90 Å². The number of aromatic amines is 1. The summed E-state index contributed by atoms with van der Waals surface area (Å²) in [5.41, 5.74) is 6.47. The summed E-state index contributed by atoms with van der Waals surface area (Å²) in [7, 11) is 0. The van der Waals surface area contributed by atoms with Crippen LogP contribution in [-0.4, -0.2) is 63.3 Å². The van der Waals surface area contributed by atoms with Crippen LogP contribution in [0.15, 0.2) is 4.79 Å². The average molecular weight is 348 g/mol. The molecular formula is C16H24N6O3. The summed E-state index contributed by atoms with van der Waals surface area (Å²) in [5.74, 6) is -0.167. The molecule has 136 valence electrons. The van der Waals surface area contributed by atoms with E-state index in [2.05, 4.69) is 20.2 Å². The molecule has 1 saturated heterocycles. The van der Waals surface area contributed by atoms with Crippen LogP contribution in [0.4, 0.5) is 5.95 Å². The summed E-state index contributed by atoms with van der Waals surface area (Å²) in [6.45, 7) is 6.07. The second kappa shape index (κ2) is 6.83. The minimum absolute atomic E-state index is 0.0516. The van der Waals surface area contributed by atoms with Gasteiger partial charge in [0.1, 0.15) is 0 Å². The van der Waals surface area contributed by atoms with Gasteiger partial charge in [-0.25, -0.2) is 4.98 Å². The van der Waals surface area contributed by atoms with Crippen LogP contribution in [-0.2, 0) is 22.6 Å². The predicted molar refractivity (Wildman–Crippen MR) is 91.6 cm³/mol. The molecule has 4 N–H and O–H groups in total. The molecule has 1 aromatic rings. The minimum Gasteiger partial charge on any atom is -0.369 e. The van der Waals surface area contributed by atoms with E-state index in [1.165, 1.54) is 0 Å². The van der Waals surface area contributed by atoms with Crippen molar-refractivity contribution < 1.29 is 9.59 Å². The van der Waals surface area contributed by atoms with Gasteiger partial charge in [0.25, 0.3) is 5.56 Å². The Balaban J connectivity index is 1.73. The molecule has 0 aromatic carbocycles. The van der Waals surface area contributed by atoms with Crippen LogP contribution in [0, 0.1) is 0 Å². The molecule has 1 aromatic heterocycles. The number of nitrogens with two attached hydrogens (primary N) is 1. The SMILES string of the molecule is CC(C)N1CCNC(=O)[C@H]1CC(=O)N1CCc2c(nc(N)[nH]c2=O)C1. The zero-order valence-electron chi connectivity index (χ0n) is 14.5. The Morgan fingerprint density at radius 2 is 2.12 bits per heavy atom. The number of anilines is 1. The number of hydrogen-bond donors (Lipinski definition) is 3. The fourth-order valence-corrected chi connectivity index (χ4v) is 3.53. The van der Waals surface area contributed by atoms with Crippen LogP contribution in [0.25, 0.3) is 0 Å². The molecule has 0 bridgehead atoms. The summed E-state index contributed by atoms with van der Waals surface area (Å²) in [4.78, 5) is 47.2. The number of H-pyrrole nitrogens is 1. The number of hydrogen-bond acceptors (Lipinski definition) is 6. The number of nitrogen functional groups attached to an aromatic ring is 1. The van der Waals surface area contributed by atoms with Crippen LogP contribution in [0.5, 0.6) is 0 Å². The molecule has 0 unspecified atom stereocenters. The highest BCUT2D eigenvalue weighted by Crippen LogP contribution is 2.18. The maximum atomic E-state index is 12.7. The molecule has 2 aliphatic heterocycles. The highest BCUT2D eigenvalue weighted by molar-refractivity contribution is 5.89. The molecule has 0 radical (unpaired) electrons. The number of carbonyl (C=O) groups is 2. The van der Waals surface area contributed by atoms with E-state index >= 15 is 0 Å². The van der Waals surface area contributed by atoms with Crippen LogP contribution >= 0.6 is 0 Å². The maximum Gasteiger partial charge on any atom is 0.255 e. The van der Waals surface area contributed by atoms with Crippen molar-refractivity contribution in [1.82, 2.24) is 25.1 Å². The van der Waals surface area contributed by atoms with Crippen LogP contribution < -0.4 is 16.6 Å². The molecule has 3 heterocycles. The van der Waals surface area contributed by atoms with E-state index in [9.17, 15) is 14.4 Å². The van der Waals surface area contributed by atoms with Crippen molar-refractivity contribution >= 4 is 17.8 Å². The molecule has 2 amide bonds. The normalized spacial score (nSPS) is 21.2. The quantitative estimate of drug-likeness (QED) is 0.633. The summed E-state index contributed by atoms with van der Waals surface area (Å²) in [6.07, 6.45) is 0.562. The minimum atomic E-state index is -0.458. The van der Waals surface area contributed by atoms with Gasteiger partial charge in [-0.2, -0.15) is 0 Å². The smallest absolute Gasteiger partial charge is 0.255 e. The Bertz CT molecular complexity index is 744. The number of nitrogens with zero attached hydrogens (tertiary/aromatic N) is 3. The molecule has 0 aliphatic carbocycles. The van der Waals surface area contributed by atoms with Crippen LogP contribution in [0.3, 0.4) is 0 Å². The van der Waals surface area contributed by atoms with E-state index in [-0.39, 0.29) is 42.3 Å². The third-order valence-corrected chi connectivity index (χ3v) is 4.85. The van der Waals surface area contributed by atoms with Gasteiger partial charge in [-0.1, -0.05) is 0 Å². The molecule has 9 heteroatoms. The fraction of sp³-hybridized carbons (Fsp3) is 0.625. The van der Waals surface area contributed by atoms with E-state index < -0.39 is 6.04 Å². The zero-order chi connectivity index (χ0) is 18.1. The Hall–Kier alpha value is -2.42. The van der Waals surface area contributed by atoms with Gasteiger partial charge in [-0.15, -0.1) is 0 Å². The average Bonchev–Trinajstić information content (AvgIpc) is 2.55. The lowest BCUT2D eigenvalue weighted by molar-refractivity contribution is -0.140. The third-order valence-electron chi connectivity index (χ3n) is 4.85. The van der Waals surface area contributed by atoms with Crippen molar-refractivity contribution in [3.8, 4) is 0 Å². The highest BCUT2D eigenvalue weighted by atomic mass is 16.2. The van der Waals surface area contributed by atoms with E-state index in [4.69, 9.17) is 5.73 Å². The number of piperazine rings is 1. The van der Waals surface area contributed by atoms with Gasteiger partial charge in [0.15, 0.2) is 0 Å². The van der Waals surface area contributed by atoms with Gasteiger partial charge < -0.3 is 16.0 Å². The fourth-order valence-electron chi connectivity index (χ4n) is 3.53. The molecule has 2 aliphatic rings. The first-order chi connectivity index (χ1) is 11.9. The van der Waals surface area contributed by atoms with Gasteiger partial charge in [0.05, 0.1) is 24.7 Å². The van der Waals surface area contributed by atoms with Gasteiger partial charge in [0.2, 0.25) is 17.8 Å². The van der Waals surface area contributed by atoms with E-state index in [1.807, 2.05) is 13.8 Å². The third kappa shape index (κ3) is 3.51. The van der Waals surface area contributed by atoms with Crippen molar-refractivity contribution in [2.75, 3.05) is 25.4 Å². The number of carbonyl (C=O) groups excluding carboxylic acids is 2. The number of amides is 2. The predicted octanol–water partition coefficient (Wildman–Crippen LogP) is -1.16. The Kier molecular flexibility index (Phi) is 4.76. The Labute approximate surface area is 145 Å². The molecule has 9 nitrogen and oxygen atoms in total. The second-order valence-electron chi connectivity index (χ2n) is 6.78. The maximum absolute atomic E-state index is 12.7. The molecule has 1 fully saturated rings. The zero-order valence-corrected chi connectivity index (χ0v) is 14.5. The molecule has 1 atom stereocenters. The lowest BCUT2D eigenvalue weighted by Gasteiger charge is -2.38. The lowest BCUT2D eigenvalue weighted by Crippen LogP contribution is -2.58. The summed E-state index contributed by atoms with van der Waals surface area (Å²) in [6, 6.07) is -0.272. The molecule has 0 saturated carbocycles. The van der Waals surface area contributed by atoms with Crippen molar-refractivity contribution in [3.63, 3.8) is 0 Å². The largest absolute Gasteiger partial charge is 0.369 e. The van der Waals surface area contributed by atoms with Crippen molar-refractivity contribution in [2.24, 2.45) is 0 Å². The van der Waals surface area contributed by atoms with Crippen molar-refractivity contribution in [3.05, 3.63) is 21.6 Å². The van der Waals surface area contributed by atoms with E-state index in [0.717, 1.165) is 6.54 Å². The summed E-state index contributed by atoms with van der Waals surface area (Å²) < 4.78 is 0. The highest BCUT2D eigenvalue weighted by Gasteiger charge is 2.35. The van der Waals surface area contributed by atoms with Gasteiger partial charge in [0, 0.05) is 31.2 Å². The van der Waals surface area contributed by atoms with Crippen LogP contribution in [0.1, 0.15) is 31.5 Å². The first-order valence-corrected chi connectivity index (χ1v) is 8.55. The standard InChI is InChI=1S/C16H24N6O3/c1-9(2)22-6-4-18-15(25)12(22)7-13(23)21-5-3-10-11(8-21)19-16(17)20-14(10)24/h9,12H,3-8H2,1-2H3,(H,18,25)(H3,17,19,20,24)/t12-/m1/s1. The number of fused-ring (bicyclic) bond motifs is 1. The molecule has 0 spiro atoms. The van der Waals surface area contributed by atoms with Gasteiger partial charge in [-0.3, -0.25) is 24.3 Å². The molecule has 3 rings (SSSR count).